The summed E-state index contributed by atoms with van der Waals surface area (Å²) in [6.45, 7) is 0. The number of aromatic nitrogens is 1. The van der Waals surface area contributed by atoms with Crippen LogP contribution >= 0.6 is 11.6 Å². The van der Waals surface area contributed by atoms with Gasteiger partial charge >= 0.3 is 0 Å². The van der Waals surface area contributed by atoms with Gasteiger partial charge in [0.1, 0.15) is 5.02 Å². The fourth-order valence-corrected chi connectivity index (χ4v) is 0.639. The van der Waals surface area contributed by atoms with E-state index in [1.807, 2.05) is 0 Å². The van der Waals surface area contributed by atoms with E-state index in [0.717, 1.165) is 0 Å². The summed E-state index contributed by atoms with van der Waals surface area (Å²) in [7, 11) is 0. The van der Waals surface area contributed by atoms with Crippen LogP contribution in [-0.4, -0.2) is 10.1 Å². The number of pyridine rings is 1. The Labute approximate surface area is 64.2 Å². The highest BCUT2D eigenvalue weighted by Crippen LogP contribution is 2.25. The second-order valence-electron chi connectivity index (χ2n) is 1.67. The Morgan fingerprint density at radius 2 is 1.73 bits per heavy atom. The maximum Gasteiger partial charge on any atom is 0.253 e. The average molecular weight is 184 g/mol. The van der Waals surface area contributed by atoms with Gasteiger partial charge in [-0.2, -0.15) is 13.8 Å². The predicted octanol–water partition coefficient (Wildman–Crippen LogP) is 1.86. The number of hydrogen-bond acceptors (Lipinski definition) is 2. The summed E-state index contributed by atoms with van der Waals surface area (Å²) in [5, 5.41) is 7.33. The van der Waals surface area contributed by atoms with E-state index in [4.69, 9.17) is 16.7 Å². The van der Waals surface area contributed by atoms with Crippen LogP contribution in [0.2, 0.25) is 5.02 Å². The number of hydrogen-bond donors (Lipinski definition) is 1. The first-order valence-corrected chi connectivity index (χ1v) is 2.80. The lowest BCUT2D eigenvalue weighted by Gasteiger charge is -1.97. The Bertz CT molecular complexity index is 278. The molecule has 1 heterocycles. The van der Waals surface area contributed by atoms with Gasteiger partial charge in [0, 0.05) is 0 Å². The molecule has 0 bridgehead atoms. The van der Waals surface area contributed by atoms with Gasteiger partial charge in [0.05, 0.1) is 0 Å². The molecule has 0 aliphatic rings. The van der Waals surface area contributed by atoms with E-state index in [-0.39, 0.29) is 0 Å². The van der Waals surface area contributed by atoms with Gasteiger partial charge in [-0.05, 0) is 0 Å². The summed E-state index contributed by atoms with van der Waals surface area (Å²) in [4.78, 5) is 2.49. The summed E-state index contributed by atoms with van der Waals surface area (Å²) >= 11 is 4.90. The summed E-state index contributed by atoms with van der Waals surface area (Å²) in [6.07, 6.45) is 0. The van der Waals surface area contributed by atoms with Crippen molar-refractivity contribution in [2.45, 2.75) is 0 Å². The fourth-order valence-electron chi connectivity index (χ4n) is 0.476. The average Bonchev–Trinajstić information content (AvgIpc) is 1.97. The van der Waals surface area contributed by atoms with Gasteiger partial charge in [0.2, 0.25) is 5.82 Å². The van der Waals surface area contributed by atoms with E-state index < -0.39 is 28.5 Å². The van der Waals surface area contributed by atoms with Gasteiger partial charge in [0.25, 0.3) is 11.8 Å². The lowest BCUT2D eigenvalue weighted by atomic mass is 10.4. The quantitative estimate of drug-likeness (QED) is 0.623. The summed E-state index contributed by atoms with van der Waals surface area (Å²) < 4.78 is 36.7. The highest BCUT2D eigenvalue weighted by molar-refractivity contribution is 6.31. The Morgan fingerprint density at radius 1 is 1.18 bits per heavy atom. The van der Waals surface area contributed by atoms with Gasteiger partial charge in [-0.3, -0.25) is 0 Å². The van der Waals surface area contributed by atoms with Crippen LogP contribution in [0.1, 0.15) is 0 Å². The minimum absolute atomic E-state index is 1.10. The zero-order valence-corrected chi connectivity index (χ0v) is 5.66. The van der Waals surface area contributed by atoms with Crippen LogP contribution in [0.25, 0.3) is 0 Å². The zero-order valence-electron chi connectivity index (χ0n) is 4.91. The Kier molecular flexibility index (Phi) is 1.90. The normalized spacial score (nSPS) is 10.2. The van der Waals surface area contributed by atoms with Crippen LogP contribution in [0.4, 0.5) is 13.2 Å². The summed E-state index contributed by atoms with van der Waals surface area (Å²) in [6, 6.07) is 0. The van der Waals surface area contributed by atoms with Gasteiger partial charge in [-0.1, -0.05) is 11.6 Å². The molecule has 0 atom stereocenters. The molecule has 1 aromatic heterocycles. The summed E-state index contributed by atoms with van der Waals surface area (Å²) in [5.74, 6) is -5.96. The molecule has 0 aromatic carbocycles. The Balaban J connectivity index is 3.46. The standard InChI is InChI=1S/C5HClF3NO/c6-1-2(7)4(9)10-5(11)3(1)8/h(H,10,11). The molecule has 6 heteroatoms. The fraction of sp³-hybridized carbons (Fsp3) is 0. The third-order valence-electron chi connectivity index (χ3n) is 0.967. The first-order valence-electron chi connectivity index (χ1n) is 2.43. The first-order chi connectivity index (χ1) is 5.04. The minimum atomic E-state index is -1.63. The molecule has 1 rings (SSSR count). The number of aromatic hydroxyl groups is 1. The molecule has 1 N–H and O–H groups in total. The van der Waals surface area contributed by atoms with Crippen LogP contribution in [0.5, 0.6) is 5.88 Å². The van der Waals surface area contributed by atoms with Gasteiger partial charge in [0.15, 0.2) is 5.82 Å². The van der Waals surface area contributed by atoms with Crippen LogP contribution < -0.4 is 0 Å². The Hall–Kier alpha value is -0.970. The Morgan fingerprint density at radius 3 is 2.27 bits per heavy atom. The molecule has 0 spiro atoms. The monoisotopic (exact) mass is 183 g/mol. The van der Waals surface area contributed by atoms with E-state index in [2.05, 4.69) is 4.98 Å². The molecule has 0 aliphatic carbocycles. The molecule has 11 heavy (non-hydrogen) atoms. The highest BCUT2D eigenvalue weighted by Gasteiger charge is 2.17. The SMILES string of the molecule is Oc1nc(F)c(F)c(Cl)c1F. The molecule has 60 valence electrons. The molecule has 0 unspecified atom stereocenters. The van der Waals surface area contributed by atoms with Crippen LogP contribution in [0.3, 0.4) is 0 Å². The largest absolute Gasteiger partial charge is 0.491 e. The van der Waals surface area contributed by atoms with Crippen molar-refractivity contribution in [1.82, 2.24) is 4.98 Å². The molecule has 0 fully saturated rings. The first kappa shape index (κ1) is 8.13. The smallest absolute Gasteiger partial charge is 0.253 e. The van der Waals surface area contributed by atoms with Gasteiger partial charge in [-0.25, -0.2) is 4.39 Å². The van der Waals surface area contributed by atoms with E-state index in [0.29, 0.717) is 0 Å². The van der Waals surface area contributed by atoms with E-state index >= 15 is 0 Å². The van der Waals surface area contributed by atoms with Crippen molar-refractivity contribution in [3.05, 3.63) is 22.6 Å². The molecule has 0 radical (unpaired) electrons. The van der Waals surface area contributed by atoms with Crippen molar-refractivity contribution >= 4 is 11.6 Å². The van der Waals surface area contributed by atoms with Crippen molar-refractivity contribution in [1.29, 1.82) is 0 Å². The second kappa shape index (κ2) is 2.58. The minimum Gasteiger partial charge on any atom is -0.491 e. The molecule has 0 aliphatic heterocycles. The highest BCUT2D eigenvalue weighted by atomic mass is 35.5. The number of halogens is 4. The predicted molar refractivity (Wildman–Crippen MR) is 30.8 cm³/mol. The third kappa shape index (κ3) is 1.23. The maximum absolute atomic E-state index is 12.3. The molecule has 2 nitrogen and oxygen atoms in total. The van der Waals surface area contributed by atoms with Crippen LogP contribution in [0, 0.1) is 17.6 Å². The number of nitrogens with zero attached hydrogens (tertiary/aromatic N) is 1. The van der Waals surface area contributed by atoms with E-state index in [1.54, 1.807) is 0 Å². The van der Waals surface area contributed by atoms with E-state index in [1.165, 1.54) is 0 Å². The van der Waals surface area contributed by atoms with Crippen molar-refractivity contribution < 1.29 is 18.3 Å². The molecular weight excluding hydrogens is 183 g/mol. The molecule has 0 saturated carbocycles. The van der Waals surface area contributed by atoms with Crippen molar-refractivity contribution in [2.24, 2.45) is 0 Å². The van der Waals surface area contributed by atoms with Crippen molar-refractivity contribution in [3.63, 3.8) is 0 Å². The van der Waals surface area contributed by atoms with Crippen molar-refractivity contribution in [2.75, 3.05) is 0 Å². The van der Waals surface area contributed by atoms with E-state index in [9.17, 15) is 13.2 Å². The summed E-state index contributed by atoms with van der Waals surface area (Å²) in [5.41, 5.74) is 0. The maximum atomic E-state index is 12.3. The number of rotatable bonds is 0. The topological polar surface area (TPSA) is 33.1 Å². The second-order valence-corrected chi connectivity index (χ2v) is 2.05. The molecule has 1 aromatic rings. The van der Waals surface area contributed by atoms with Crippen LogP contribution in [-0.2, 0) is 0 Å². The van der Waals surface area contributed by atoms with Gasteiger partial charge < -0.3 is 5.11 Å². The van der Waals surface area contributed by atoms with Crippen molar-refractivity contribution in [3.8, 4) is 5.88 Å². The molecular formula is C5HClF3NO. The molecule has 0 saturated heterocycles. The zero-order chi connectivity index (χ0) is 8.59. The lowest BCUT2D eigenvalue weighted by molar-refractivity contribution is 0.378. The lowest BCUT2D eigenvalue weighted by Crippen LogP contribution is -1.94. The van der Waals surface area contributed by atoms with Gasteiger partial charge in [-0.15, -0.1) is 0 Å². The third-order valence-corrected chi connectivity index (χ3v) is 1.30. The van der Waals surface area contributed by atoms with Crippen LogP contribution in [0.15, 0.2) is 0 Å². The molecule has 0 amide bonds.